The van der Waals surface area contributed by atoms with Gasteiger partial charge in [0.25, 0.3) is 0 Å². The van der Waals surface area contributed by atoms with Gasteiger partial charge >= 0.3 is 0 Å². The first kappa shape index (κ1) is 23.1. The van der Waals surface area contributed by atoms with Crippen LogP contribution in [0.1, 0.15) is 15.2 Å². The van der Waals surface area contributed by atoms with Gasteiger partial charge in [-0.15, -0.1) is 11.3 Å². The third kappa shape index (κ3) is 4.29. The average molecular weight is 545 g/mol. The van der Waals surface area contributed by atoms with E-state index in [1.54, 1.807) is 26.4 Å². The Kier molecular flexibility index (Phi) is 6.28. The quantitative estimate of drug-likeness (QED) is 0.228. The molecule has 0 aliphatic rings. The number of aromatic nitrogens is 1. The van der Waals surface area contributed by atoms with Crippen LogP contribution in [0, 0.1) is 0 Å². The minimum absolute atomic E-state index is 0.116. The SMILES string of the molecule is COc1ccc(-c2cc(-c3ccc(Br)cc3)nc3sc(C(=O)c4ccccc4)c(N)c23)cc1OC. The number of methoxy groups -OCH3 is 2. The maximum absolute atomic E-state index is 13.3. The van der Waals surface area contributed by atoms with Crippen LogP contribution in [0.25, 0.3) is 32.6 Å². The first-order chi connectivity index (χ1) is 17.0. The fourth-order valence-corrected chi connectivity index (χ4v) is 5.36. The van der Waals surface area contributed by atoms with Gasteiger partial charge in [-0.1, -0.05) is 64.5 Å². The first-order valence-electron chi connectivity index (χ1n) is 10.8. The molecule has 0 radical (unpaired) electrons. The highest BCUT2D eigenvalue weighted by molar-refractivity contribution is 9.10. The van der Waals surface area contributed by atoms with Crippen molar-refractivity contribution in [3.05, 3.63) is 93.8 Å². The van der Waals surface area contributed by atoms with Crippen molar-refractivity contribution in [3.8, 4) is 33.9 Å². The summed E-state index contributed by atoms with van der Waals surface area (Å²) in [6, 6.07) is 24.8. The number of carbonyl (C=O) groups is 1. The van der Waals surface area contributed by atoms with Gasteiger partial charge in [0.2, 0.25) is 5.78 Å². The summed E-state index contributed by atoms with van der Waals surface area (Å²) in [6.45, 7) is 0. The normalized spacial score (nSPS) is 10.9. The number of benzene rings is 3. The molecule has 0 atom stereocenters. The predicted molar refractivity (Wildman–Crippen MR) is 146 cm³/mol. The number of fused-ring (bicyclic) bond motifs is 1. The van der Waals surface area contributed by atoms with E-state index in [2.05, 4.69) is 15.9 Å². The maximum Gasteiger partial charge on any atom is 0.205 e. The molecule has 5 rings (SSSR count). The van der Waals surface area contributed by atoms with Gasteiger partial charge in [-0.05, 0) is 41.5 Å². The topological polar surface area (TPSA) is 74.4 Å². The number of thiophene rings is 1. The molecule has 5 aromatic rings. The molecule has 0 bridgehead atoms. The number of hydrogen-bond donors (Lipinski definition) is 1. The molecule has 174 valence electrons. The van der Waals surface area contributed by atoms with Crippen molar-refractivity contribution in [1.29, 1.82) is 0 Å². The van der Waals surface area contributed by atoms with Gasteiger partial charge in [0.15, 0.2) is 11.5 Å². The zero-order valence-corrected chi connectivity index (χ0v) is 21.4. The second-order valence-corrected chi connectivity index (χ2v) is 9.77. The molecule has 0 unspecified atom stereocenters. The van der Waals surface area contributed by atoms with Crippen molar-refractivity contribution in [2.45, 2.75) is 0 Å². The van der Waals surface area contributed by atoms with E-state index in [0.29, 0.717) is 32.5 Å². The van der Waals surface area contributed by atoms with Gasteiger partial charge < -0.3 is 15.2 Å². The van der Waals surface area contributed by atoms with Gasteiger partial charge in [-0.3, -0.25) is 4.79 Å². The number of ketones is 1. The van der Waals surface area contributed by atoms with Crippen LogP contribution >= 0.6 is 27.3 Å². The molecule has 0 aliphatic heterocycles. The van der Waals surface area contributed by atoms with Crippen LogP contribution < -0.4 is 15.2 Å². The number of pyridine rings is 1. The molecule has 0 aliphatic carbocycles. The number of ether oxygens (including phenoxy) is 2. The summed E-state index contributed by atoms with van der Waals surface area (Å²) >= 11 is 4.81. The van der Waals surface area contributed by atoms with E-state index in [9.17, 15) is 4.79 Å². The molecule has 2 aromatic heterocycles. The predicted octanol–water partition coefficient (Wildman–Crippen LogP) is 7.22. The molecule has 2 heterocycles. The lowest BCUT2D eigenvalue weighted by molar-refractivity contribution is 0.104. The van der Waals surface area contributed by atoms with Crippen LogP contribution in [-0.2, 0) is 0 Å². The monoisotopic (exact) mass is 544 g/mol. The zero-order chi connectivity index (χ0) is 24.5. The van der Waals surface area contributed by atoms with Crippen LogP contribution in [0.2, 0.25) is 0 Å². The zero-order valence-electron chi connectivity index (χ0n) is 19.0. The number of halogens is 1. The van der Waals surface area contributed by atoms with Crippen LogP contribution in [0.3, 0.4) is 0 Å². The van der Waals surface area contributed by atoms with Crippen molar-refractivity contribution in [2.75, 3.05) is 20.0 Å². The Bertz CT molecular complexity index is 1550. The van der Waals surface area contributed by atoms with E-state index in [0.717, 1.165) is 32.2 Å². The molecule has 0 spiro atoms. The van der Waals surface area contributed by atoms with Crippen LogP contribution in [-0.4, -0.2) is 25.0 Å². The Hall–Kier alpha value is -3.68. The van der Waals surface area contributed by atoms with Crippen molar-refractivity contribution in [3.63, 3.8) is 0 Å². The molecule has 0 amide bonds. The summed E-state index contributed by atoms with van der Waals surface area (Å²) in [7, 11) is 3.21. The highest BCUT2D eigenvalue weighted by Gasteiger charge is 2.23. The highest BCUT2D eigenvalue weighted by atomic mass is 79.9. The number of hydrogen-bond acceptors (Lipinski definition) is 6. The second kappa shape index (κ2) is 9.52. The summed E-state index contributed by atoms with van der Waals surface area (Å²) < 4.78 is 11.9. The average Bonchev–Trinajstić information content (AvgIpc) is 3.24. The van der Waals surface area contributed by atoms with Crippen molar-refractivity contribution >= 4 is 49.0 Å². The Morgan fingerprint density at radius 3 is 2.26 bits per heavy atom. The standard InChI is InChI=1S/C28H21BrN2O3S/c1-33-22-13-10-18(14-23(22)34-2)20-15-21(16-8-11-19(29)12-9-16)31-28-24(20)25(30)27(35-28)26(32)17-6-4-3-5-7-17/h3-15H,30H2,1-2H3. The fraction of sp³-hybridized carbons (Fsp3) is 0.0714. The Balaban J connectivity index is 1.77. The summed E-state index contributed by atoms with van der Waals surface area (Å²) in [6.07, 6.45) is 0. The summed E-state index contributed by atoms with van der Waals surface area (Å²) in [5, 5.41) is 0.752. The van der Waals surface area contributed by atoms with E-state index in [4.69, 9.17) is 20.2 Å². The minimum Gasteiger partial charge on any atom is -0.493 e. The number of nitrogens with two attached hydrogens (primary N) is 1. The Labute approximate surface area is 215 Å². The molecule has 7 heteroatoms. The summed E-state index contributed by atoms with van der Waals surface area (Å²) in [4.78, 5) is 19.4. The van der Waals surface area contributed by atoms with Gasteiger partial charge in [0.1, 0.15) is 9.71 Å². The first-order valence-corrected chi connectivity index (χ1v) is 12.4. The van der Waals surface area contributed by atoms with E-state index < -0.39 is 0 Å². The number of carbonyl (C=O) groups excluding carboxylic acids is 1. The van der Waals surface area contributed by atoms with Crippen LogP contribution in [0.5, 0.6) is 11.5 Å². The number of nitrogens with zero attached hydrogens (tertiary/aromatic N) is 1. The molecular formula is C28H21BrN2O3S. The number of anilines is 1. The molecule has 5 nitrogen and oxygen atoms in total. The van der Waals surface area contributed by atoms with E-state index >= 15 is 0 Å². The van der Waals surface area contributed by atoms with Crippen molar-refractivity contribution in [1.82, 2.24) is 4.98 Å². The van der Waals surface area contributed by atoms with Gasteiger partial charge in [-0.25, -0.2) is 4.98 Å². The molecule has 0 saturated heterocycles. The van der Waals surface area contributed by atoms with Crippen molar-refractivity contribution < 1.29 is 14.3 Å². The second-order valence-electron chi connectivity index (χ2n) is 7.85. The fourth-order valence-electron chi connectivity index (χ4n) is 4.01. The molecule has 35 heavy (non-hydrogen) atoms. The lowest BCUT2D eigenvalue weighted by Gasteiger charge is -2.12. The van der Waals surface area contributed by atoms with E-state index in [-0.39, 0.29) is 5.78 Å². The Morgan fingerprint density at radius 1 is 0.886 bits per heavy atom. The molecule has 3 aromatic carbocycles. The van der Waals surface area contributed by atoms with Gasteiger partial charge in [-0.2, -0.15) is 0 Å². The Morgan fingerprint density at radius 2 is 1.57 bits per heavy atom. The maximum atomic E-state index is 13.3. The van der Waals surface area contributed by atoms with E-state index in [1.165, 1.54) is 11.3 Å². The third-order valence-corrected chi connectivity index (χ3v) is 7.40. The number of nitrogen functional groups attached to an aromatic ring is 1. The van der Waals surface area contributed by atoms with E-state index in [1.807, 2.05) is 66.7 Å². The van der Waals surface area contributed by atoms with Gasteiger partial charge in [0, 0.05) is 21.0 Å². The minimum atomic E-state index is -0.116. The summed E-state index contributed by atoms with van der Waals surface area (Å²) in [5.74, 6) is 1.12. The smallest absolute Gasteiger partial charge is 0.205 e. The molecule has 0 saturated carbocycles. The largest absolute Gasteiger partial charge is 0.493 e. The third-order valence-electron chi connectivity index (χ3n) is 5.78. The van der Waals surface area contributed by atoms with Gasteiger partial charge in [0.05, 0.1) is 25.6 Å². The lowest BCUT2D eigenvalue weighted by atomic mass is 9.98. The number of rotatable bonds is 6. The molecular weight excluding hydrogens is 524 g/mol. The lowest BCUT2D eigenvalue weighted by Crippen LogP contribution is -2.01. The summed E-state index contributed by atoms with van der Waals surface area (Å²) in [5.41, 5.74) is 11.2. The van der Waals surface area contributed by atoms with Crippen molar-refractivity contribution in [2.24, 2.45) is 0 Å². The highest BCUT2D eigenvalue weighted by Crippen LogP contribution is 2.43. The molecule has 0 fully saturated rings. The molecule has 2 N–H and O–H groups in total. The van der Waals surface area contributed by atoms with Crippen LogP contribution in [0.15, 0.2) is 83.3 Å². The van der Waals surface area contributed by atoms with Crippen LogP contribution in [0.4, 0.5) is 5.69 Å².